The molecule has 4 rings (SSSR count). The molecule has 184 valence electrons. The second kappa shape index (κ2) is 11.9. The molecule has 0 aliphatic carbocycles. The van der Waals surface area contributed by atoms with E-state index in [2.05, 4.69) is 36.2 Å². The predicted octanol–water partition coefficient (Wildman–Crippen LogP) is 5.61. The Morgan fingerprint density at radius 1 is 1.11 bits per heavy atom. The molecule has 1 aliphatic heterocycles. The molecule has 0 unspecified atom stereocenters. The lowest BCUT2D eigenvalue weighted by Gasteiger charge is -2.21. The van der Waals surface area contributed by atoms with Gasteiger partial charge in [-0.2, -0.15) is 0 Å². The molecule has 10 heteroatoms. The highest BCUT2D eigenvalue weighted by Gasteiger charge is 2.20. The quantitative estimate of drug-likeness (QED) is 0.227. The molecule has 1 aromatic heterocycles. The van der Waals surface area contributed by atoms with Crippen molar-refractivity contribution >= 4 is 44.6 Å². The highest BCUT2D eigenvalue weighted by atomic mass is 79.9. The number of carbonyl (C=O) groups is 1. The number of hydrogen-bond donors (Lipinski definition) is 1. The van der Waals surface area contributed by atoms with Crippen molar-refractivity contribution in [2.45, 2.75) is 32.4 Å². The van der Waals surface area contributed by atoms with Crippen LogP contribution in [0.2, 0.25) is 0 Å². The summed E-state index contributed by atoms with van der Waals surface area (Å²) in [5.41, 5.74) is 1.88. The normalized spacial score (nSPS) is 15.1. The van der Waals surface area contributed by atoms with Crippen LogP contribution in [0.3, 0.4) is 0 Å². The SMILES string of the molecule is COc1ccc(/C=N\OCC(=O)N=Nc2c(O)n(CN3CCCCCC3)c3ccc(Br)cc23)cc1. The fraction of sp³-hybridized carbons (Fsp3) is 0.360. The number of hydrogen-bond acceptors (Lipinski definition) is 7. The number of halogens is 1. The van der Waals surface area contributed by atoms with Gasteiger partial charge in [-0.3, -0.25) is 14.3 Å². The Hall–Kier alpha value is -3.24. The summed E-state index contributed by atoms with van der Waals surface area (Å²) in [7, 11) is 1.60. The molecule has 1 saturated heterocycles. The van der Waals surface area contributed by atoms with Crippen LogP contribution in [-0.2, 0) is 16.3 Å². The number of likely N-dealkylation sites (tertiary alicyclic amines) is 1. The van der Waals surface area contributed by atoms with Crippen LogP contribution in [0.15, 0.2) is 62.3 Å². The number of benzene rings is 2. The number of amides is 1. The van der Waals surface area contributed by atoms with Gasteiger partial charge in [0.15, 0.2) is 12.3 Å². The zero-order valence-electron chi connectivity index (χ0n) is 19.6. The Kier molecular flexibility index (Phi) is 8.49. The molecule has 2 aromatic carbocycles. The molecule has 1 fully saturated rings. The number of nitrogens with zero attached hydrogens (tertiary/aromatic N) is 5. The van der Waals surface area contributed by atoms with E-state index in [0.29, 0.717) is 12.1 Å². The fourth-order valence-corrected chi connectivity index (χ4v) is 4.39. The minimum atomic E-state index is -0.611. The van der Waals surface area contributed by atoms with Crippen molar-refractivity contribution < 1.29 is 19.5 Å². The molecular weight excluding hydrogens is 514 g/mol. The van der Waals surface area contributed by atoms with Gasteiger partial charge in [0.25, 0.3) is 0 Å². The molecule has 1 N–H and O–H groups in total. The van der Waals surface area contributed by atoms with Crippen LogP contribution in [-0.4, -0.2) is 53.5 Å². The summed E-state index contributed by atoms with van der Waals surface area (Å²) in [6.45, 7) is 2.16. The summed E-state index contributed by atoms with van der Waals surface area (Å²) < 4.78 is 7.77. The number of azo groups is 1. The van der Waals surface area contributed by atoms with E-state index < -0.39 is 5.91 Å². The molecule has 0 spiro atoms. The monoisotopic (exact) mass is 541 g/mol. The van der Waals surface area contributed by atoms with E-state index in [-0.39, 0.29) is 18.2 Å². The van der Waals surface area contributed by atoms with E-state index in [1.807, 2.05) is 34.9 Å². The van der Waals surface area contributed by atoms with Crippen molar-refractivity contribution in [2.75, 3.05) is 26.8 Å². The Balaban J connectivity index is 1.44. The number of aromatic hydroxyl groups is 1. The molecule has 35 heavy (non-hydrogen) atoms. The van der Waals surface area contributed by atoms with Gasteiger partial charge in [0.1, 0.15) is 5.75 Å². The molecule has 1 aliphatic rings. The van der Waals surface area contributed by atoms with Gasteiger partial charge >= 0.3 is 5.91 Å². The van der Waals surface area contributed by atoms with Gasteiger partial charge in [-0.1, -0.05) is 33.9 Å². The molecule has 0 radical (unpaired) electrons. The molecule has 3 aromatic rings. The number of fused-ring (bicyclic) bond motifs is 1. The van der Waals surface area contributed by atoms with Gasteiger partial charge in [-0.25, -0.2) is 0 Å². The minimum absolute atomic E-state index is 0.0164. The second-order valence-electron chi connectivity index (χ2n) is 8.31. The van der Waals surface area contributed by atoms with E-state index in [1.165, 1.54) is 19.1 Å². The van der Waals surface area contributed by atoms with Gasteiger partial charge in [0.2, 0.25) is 5.88 Å². The van der Waals surface area contributed by atoms with E-state index >= 15 is 0 Å². The van der Waals surface area contributed by atoms with E-state index in [4.69, 9.17) is 9.57 Å². The lowest BCUT2D eigenvalue weighted by molar-refractivity contribution is -0.122. The standard InChI is InChI=1S/C25H28BrN5O4/c1-34-20-9-6-18(7-10-20)15-27-35-16-23(32)28-29-24-21-14-19(26)8-11-22(21)31(25(24)33)17-30-12-4-2-3-5-13-30/h6-11,14-15,33H,2-5,12-13,16-17H2,1H3/b27-15-,29-28?. The number of aromatic nitrogens is 1. The highest BCUT2D eigenvalue weighted by Crippen LogP contribution is 2.40. The number of rotatable bonds is 8. The summed E-state index contributed by atoms with van der Waals surface area (Å²) in [5.74, 6) is 0.110. The third kappa shape index (κ3) is 6.46. The largest absolute Gasteiger partial charge is 0.497 e. The molecule has 0 bridgehead atoms. The first-order valence-corrected chi connectivity index (χ1v) is 12.3. The number of ether oxygens (including phenoxy) is 1. The molecule has 2 heterocycles. The van der Waals surface area contributed by atoms with Crippen molar-refractivity contribution in [2.24, 2.45) is 15.4 Å². The van der Waals surface area contributed by atoms with Crippen LogP contribution in [0.4, 0.5) is 5.69 Å². The van der Waals surface area contributed by atoms with E-state index in [9.17, 15) is 9.90 Å². The Morgan fingerprint density at radius 2 is 1.86 bits per heavy atom. The van der Waals surface area contributed by atoms with Gasteiger partial charge < -0.3 is 14.7 Å². The Morgan fingerprint density at radius 3 is 2.57 bits per heavy atom. The minimum Gasteiger partial charge on any atom is -0.497 e. The van der Waals surface area contributed by atoms with Crippen LogP contribution >= 0.6 is 15.9 Å². The van der Waals surface area contributed by atoms with Gasteiger partial charge in [0.05, 0.1) is 25.5 Å². The number of oxime groups is 1. The van der Waals surface area contributed by atoms with Gasteiger partial charge in [-0.15, -0.1) is 10.2 Å². The maximum Gasteiger partial charge on any atom is 0.304 e. The number of methoxy groups -OCH3 is 1. The molecular formula is C25H28BrN5O4. The number of carbonyl (C=O) groups excluding carboxylic acids is 1. The summed E-state index contributed by atoms with van der Waals surface area (Å²) in [4.78, 5) is 19.6. The van der Waals surface area contributed by atoms with Crippen molar-refractivity contribution in [3.63, 3.8) is 0 Å². The van der Waals surface area contributed by atoms with E-state index in [0.717, 1.165) is 47.2 Å². The molecule has 1 amide bonds. The topological polar surface area (TPSA) is 101 Å². The van der Waals surface area contributed by atoms with Crippen molar-refractivity contribution in [1.82, 2.24) is 9.47 Å². The average Bonchev–Trinajstić information content (AvgIpc) is 3.02. The van der Waals surface area contributed by atoms with Crippen molar-refractivity contribution in [3.05, 3.63) is 52.5 Å². The van der Waals surface area contributed by atoms with Crippen LogP contribution in [0.1, 0.15) is 31.2 Å². The first-order valence-electron chi connectivity index (χ1n) is 11.5. The predicted molar refractivity (Wildman–Crippen MR) is 137 cm³/mol. The first-order chi connectivity index (χ1) is 17.0. The van der Waals surface area contributed by atoms with Crippen molar-refractivity contribution in [1.29, 1.82) is 0 Å². The van der Waals surface area contributed by atoms with Crippen LogP contribution < -0.4 is 4.74 Å². The average molecular weight is 542 g/mol. The lowest BCUT2D eigenvalue weighted by atomic mass is 10.2. The summed E-state index contributed by atoms with van der Waals surface area (Å²) in [6.07, 6.45) is 6.25. The van der Waals surface area contributed by atoms with E-state index in [1.54, 1.807) is 19.2 Å². The van der Waals surface area contributed by atoms with Gasteiger partial charge in [-0.05, 0) is 74.0 Å². The van der Waals surface area contributed by atoms with Crippen LogP contribution in [0.25, 0.3) is 10.9 Å². The maximum absolute atomic E-state index is 12.2. The molecule has 9 nitrogen and oxygen atoms in total. The summed E-state index contributed by atoms with van der Waals surface area (Å²) in [6, 6.07) is 12.9. The zero-order chi connectivity index (χ0) is 24.6. The Bertz CT molecular complexity index is 1210. The summed E-state index contributed by atoms with van der Waals surface area (Å²) >= 11 is 3.48. The highest BCUT2D eigenvalue weighted by molar-refractivity contribution is 9.10. The summed E-state index contributed by atoms with van der Waals surface area (Å²) in [5, 5.41) is 23.3. The van der Waals surface area contributed by atoms with Crippen LogP contribution in [0, 0.1) is 0 Å². The lowest BCUT2D eigenvalue weighted by Crippen LogP contribution is -2.27. The first kappa shape index (κ1) is 24.9. The third-order valence-corrected chi connectivity index (χ3v) is 6.35. The zero-order valence-corrected chi connectivity index (χ0v) is 21.1. The fourth-order valence-electron chi connectivity index (χ4n) is 4.03. The van der Waals surface area contributed by atoms with Crippen LogP contribution in [0.5, 0.6) is 11.6 Å². The third-order valence-electron chi connectivity index (χ3n) is 5.85. The molecule has 0 atom stereocenters. The van der Waals surface area contributed by atoms with Gasteiger partial charge in [0, 0.05) is 9.86 Å². The van der Waals surface area contributed by atoms with Crippen molar-refractivity contribution in [3.8, 4) is 11.6 Å². The smallest absolute Gasteiger partial charge is 0.304 e. The maximum atomic E-state index is 12.2. The Labute approximate surface area is 212 Å². The molecule has 0 saturated carbocycles. The second-order valence-corrected chi connectivity index (χ2v) is 9.23.